The number of esters is 3. The minimum atomic E-state index is -0.441. The van der Waals surface area contributed by atoms with E-state index in [1.54, 1.807) is 0 Å². The van der Waals surface area contributed by atoms with Crippen molar-refractivity contribution in [3.8, 4) is 0 Å². The molecule has 1 saturated carbocycles. The van der Waals surface area contributed by atoms with Crippen LogP contribution < -0.4 is 0 Å². The van der Waals surface area contributed by atoms with E-state index in [1.807, 2.05) is 0 Å². The van der Waals surface area contributed by atoms with Gasteiger partial charge in [0.25, 0.3) is 0 Å². The predicted octanol–water partition coefficient (Wildman–Crippen LogP) is 10.2. The molecule has 8 nitrogen and oxygen atoms in total. The molecule has 0 heterocycles. The smallest absolute Gasteiger partial charge is 0.306 e. The largest absolute Gasteiger partial charge is 0.468 e. The quantitative estimate of drug-likeness (QED) is 0.0129. The van der Waals surface area contributed by atoms with Crippen LogP contribution in [0.15, 0.2) is 24.3 Å². The van der Waals surface area contributed by atoms with Crippen LogP contribution in [-0.4, -0.2) is 56.7 Å². The standard InChI is InChI=1S/C41H71O8.Ho/c1-5-8-11-13-15-20-31-45-41(46-32-21-16-14-12-9-6-2)30-29-39(43)48-34-35(4)33-47-38(42)23-18-19-24-40(44)49-37-27-25-36(26-28-37)22-17-10-7-3;/h8-9,11-12,35-37,41H,4-7,10,13-34H2,1-3H3;/q-1;/b11-8-,12-9-;. The molecule has 1 atom stereocenters. The minimum absolute atomic E-state index is 0. The van der Waals surface area contributed by atoms with Crippen LogP contribution in [0.5, 0.6) is 0 Å². The molecule has 0 aromatic heterocycles. The van der Waals surface area contributed by atoms with Crippen LogP contribution in [0.4, 0.5) is 0 Å². The van der Waals surface area contributed by atoms with Crippen LogP contribution in [0.1, 0.15) is 162 Å². The summed E-state index contributed by atoms with van der Waals surface area (Å²) in [6.07, 6.45) is 28.3. The van der Waals surface area contributed by atoms with Crippen molar-refractivity contribution in [2.75, 3.05) is 26.4 Å². The van der Waals surface area contributed by atoms with Crippen LogP contribution in [0.25, 0.3) is 0 Å². The summed E-state index contributed by atoms with van der Waals surface area (Å²) in [5.41, 5.74) is 0. The maximum Gasteiger partial charge on any atom is 0.306 e. The van der Waals surface area contributed by atoms with E-state index in [0.29, 0.717) is 38.9 Å². The maximum atomic E-state index is 12.4. The van der Waals surface area contributed by atoms with E-state index in [-0.39, 0.29) is 93.7 Å². The van der Waals surface area contributed by atoms with Gasteiger partial charge in [-0.05, 0) is 95.8 Å². The summed E-state index contributed by atoms with van der Waals surface area (Å²) in [4.78, 5) is 36.9. The van der Waals surface area contributed by atoms with Gasteiger partial charge in [0.1, 0.15) is 6.10 Å². The molecule has 295 valence electrons. The summed E-state index contributed by atoms with van der Waals surface area (Å²) in [7, 11) is 0. The Hall–Kier alpha value is -0.930. The molecule has 0 saturated heterocycles. The summed E-state index contributed by atoms with van der Waals surface area (Å²) in [6.45, 7) is 11.8. The van der Waals surface area contributed by atoms with Gasteiger partial charge in [-0.3, -0.25) is 14.4 Å². The van der Waals surface area contributed by atoms with Crippen LogP contribution >= 0.6 is 0 Å². The molecular formula is C41H71HoO8-. The molecule has 0 aromatic rings. The second-order valence-electron chi connectivity index (χ2n) is 13.5. The first-order valence-corrected chi connectivity index (χ1v) is 19.7. The van der Waals surface area contributed by atoms with Crippen molar-refractivity contribution < 1.29 is 75.8 Å². The molecule has 0 aromatic carbocycles. The Labute approximate surface area is 335 Å². The van der Waals surface area contributed by atoms with E-state index in [4.69, 9.17) is 23.7 Å². The van der Waals surface area contributed by atoms with Gasteiger partial charge in [0.2, 0.25) is 0 Å². The predicted molar refractivity (Wildman–Crippen MR) is 197 cm³/mol. The van der Waals surface area contributed by atoms with Gasteiger partial charge in [-0.15, -0.1) is 0 Å². The van der Waals surface area contributed by atoms with Gasteiger partial charge in [0, 0.05) is 70.2 Å². The van der Waals surface area contributed by atoms with Gasteiger partial charge < -0.3 is 30.6 Å². The molecule has 50 heavy (non-hydrogen) atoms. The molecular weight excluding hydrogens is 785 g/mol. The molecule has 0 spiro atoms. The summed E-state index contributed by atoms with van der Waals surface area (Å²) >= 11 is 0. The number of allylic oxidation sites excluding steroid dienone is 4. The molecule has 1 aliphatic carbocycles. The van der Waals surface area contributed by atoms with E-state index >= 15 is 0 Å². The van der Waals surface area contributed by atoms with Crippen LogP contribution in [0.2, 0.25) is 0 Å². The van der Waals surface area contributed by atoms with E-state index in [0.717, 1.165) is 83.0 Å². The Morgan fingerprint density at radius 1 is 0.660 bits per heavy atom. The molecule has 9 heteroatoms. The van der Waals surface area contributed by atoms with Crippen LogP contribution in [-0.2, 0) is 38.1 Å². The molecule has 0 aliphatic heterocycles. The average Bonchev–Trinajstić information content (AvgIpc) is 3.10. The topological polar surface area (TPSA) is 97.4 Å². The molecule has 1 unspecified atom stereocenters. The first kappa shape index (κ1) is 49.1. The first-order chi connectivity index (χ1) is 23.9. The number of carbonyl (C=O) groups excluding carboxylic acids is 3. The average molecular weight is 857 g/mol. The normalized spacial score (nSPS) is 16.8. The van der Waals surface area contributed by atoms with Crippen molar-refractivity contribution in [3.05, 3.63) is 31.2 Å². The second-order valence-corrected chi connectivity index (χ2v) is 13.5. The van der Waals surface area contributed by atoms with Crippen molar-refractivity contribution in [2.24, 2.45) is 11.8 Å². The summed E-state index contributed by atoms with van der Waals surface area (Å²) in [6, 6.07) is 0. The zero-order valence-corrected chi connectivity index (χ0v) is 33.7. The zero-order chi connectivity index (χ0) is 35.8. The van der Waals surface area contributed by atoms with Crippen molar-refractivity contribution in [3.63, 3.8) is 0 Å². The third-order valence-corrected chi connectivity index (χ3v) is 8.81. The number of rotatable bonds is 31. The molecule has 0 amide bonds. The fourth-order valence-corrected chi connectivity index (χ4v) is 5.80. The van der Waals surface area contributed by atoms with E-state index in [1.165, 1.54) is 25.7 Å². The number of hydrogen-bond donors (Lipinski definition) is 0. The van der Waals surface area contributed by atoms with Crippen LogP contribution in [0, 0.1) is 56.5 Å². The Morgan fingerprint density at radius 3 is 1.74 bits per heavy atom. The monoisotopic (exact) mass is 856 g/mol. The van der Waals surface area contributed by atoms with Crippen molar-refractivity contribution in [1.82, 2.24) is 0 Å². The third-order valence-electron chi connectivity index (χ3n) is 8.81. The van der Waals surface area contributed by atoms with Crippen LogP contribution in [0.3, 0.4) is 0 Å². The Morgan fingerprint density at radius 2 is 1.20 bits per heavy atom. The Bertz CT molecular complexity index is 860. The van der Waals surface area contributed by atoms with E-state index in [9.17, 15) is 14.4 Å². The molecule has 1 aliphatic rings. The minimum Gasteiger partial charge on any atom is -0.468 e. The maximum absolute atomic E-state index is 12.4. The summed E-state index contributed by atoms with van der Waals surface area (Å²) in [5, 5.41) is 0. The molecule has 1 fully saturated rings. The zero-order valence-electron chi connectivity index (χ0n) is 31.8. The first-order valence-electron chi connectivity index (χ1n) is 19.7. The Balaban J connectivity index is 0.0000240. The molecule has 0 N–H and O–H groups in total. The van der Waals surface area contributed by atoms with E-state index < -0.39 is 6.29 Å². The van der Waals surface area contributed by atoms with Crippen molar-refractivity contribution in [1.29, 1.82) is 0 Å². The molecule has 1 rings (SSSR count). The van der Waals surface area contributed by atoms with Gasteiger partial charge in [-0.1, -0.05) is 76.7 Å². The Kier molecular flexibility index (Phi) is 34.5. The number of unbranched alkanes of at least 4 members (excludes halogenated alkanes) is 7. The van der Waals surface area contributed by atoms with Gasteiger partial charge in [0.15, 0.2) is 6.29 Å². The number of carbonyl (C=O) groups is 3. The second kappa shape index (κ2) is 35.1. The number of ether oxygens (including phenoxy) is 5. The van der Waals surface area contributed by atoms with Crippen molar-refractivity contribution >= 4 is 17.9 Å². The van der Waals surface area contributed by atoms with Gasteiger partial charge in [0.05, 0.1) is 19.6 Å². The van der Waals surface area contributed by atoms with E-state index in [2.05, 4.69) is 52.0 Å². The SMILES string of the molecule is [CH2-]C(COC(=O)CCCCC(=O)OC1CCC(CCCCC)CC1)COC(=O)CCC(OCCCC/C=C\CC)OCCCC/C=C\CC.[Ho]. The molecule has 0 bridgehead atoms. The molecule has 1 radical (unpaired) electrons. The summed E-state index contributed by atoms with van der Waals surface area (Å²) in [5.74, 6) is -0.437. The fraction of sp³-hybridized carbons (Fsp3) is 0.805. The van der Waals surface area contributed by atoms with Gasteiger partial charge in [-0.25, -0.2) is 0 Å². The van der Waals surface area contributed by atoms with Crippen molar-refractivity contribution in [2.45, 2.75) is 174 Å². The number of hydrogen-bond acceptors (Lipinski definition) is 8. The third kappa shape index (κ3) is 29.6. The van der Waals surface area contributed by atoms with Gasteiger partial charge in [-0.2, -0.15) is 0 Å². The van der Waals surface area contributed by atoms with Gasteiger partial charge >= 0.3 is 17.9 Å². The summed E-state index contributed by atoms with van der Waals surface area (Å²) < 4.78 is 28.3. The fourth-order valence-electron chi connectivity index (χ4n) is 5.80.